The molecule has 0 saturated heterocycles. The number of aliphatic hydroxyl groups is 1. The number of rotatable bonds is 8. The lowest BCUT2D eigenvalue weighted by Gasteiger charge is -2.13. The second-order valence-electron chi connectivity index (χ2n) is 4.26. The molecule has 0 fully saturated rings. The molecule has 2 N–H and O–H groups in total. The van der Waals surface area contributed by atoms with Gasteiger partial charge in [-0.3, -0.25) is 0 Å². The lowest BCUT2D eigenvalue weighted by Crippen LogP contribution is -2.34. The van der Waals surface area contributed by atoms with Crippen LogP contribution in [-0.2, 0) is 9.84 Å². The number of halogens is 1. The molecule has 5 nitrogen and oxygen atoms in total. The van der Waals surface area contributed by atoms with Crippen LogP contribution in [0.25, 0.3) is 0 Å². The standard InChI is InChI=1S/C12H18ClNO4S/c1-19(16,17)6-5-14-8-11(15)9-18-12-4-2-3-10(13)7-12/h2-4,7,11,14-15H,5-6,8-9H2,1H3. The molecular formula is C12H18ClNO4S. The van der Waals surface area contributed by atoms with Crippen molar-refractivity contribution in [2.45, 2.75) is 6.10 Å². The van der Waals surface area contributed by atoms with Crippen molar-refractivity contribution in [3.8, 4) is 5.75 Å². The predicted octanol–water partition coefficient (Wildman–Crippen LogP) is 0.714. The highest BCUT2D eigenvalue weighted by atomic mass is 35.5. The minimum absolute atomic E-state index is 0.0505. The number of benzene rings is 1. The number of nitrogens with one attached hydrogen (secondary N) is 1. The Bertz CT molecular complexity index is 492. The van der Waals surface area contributed by atoms with Gasteiger partial charge in [-0.25, -0.2) is 8.42 Å². The molecule has 0 amide bonds. The van der Waals surface area contributed by atoms with Gasteiger partial charge in [0.1, 0.15) is 28.3 Å². The third-order valence-corrected chi connectivity index (χ3v) is 3.45. The molecule has 0 bridgehead atoms. The number of hydrogen-bond donors (Lipinski definition) is 2. The van der Waals surface area contributed by atoms with E-state index in [9.17, 15) is 13.5 Å². The topological polar surface area (TPSA) is 75.6 Å². The van der Waals surface area contributed by atoms with Crippen LogP contribution in [0.4, 0.5) is 0 Å². The highest BCUT2D eigenvalue weighted by Gasteiger charge is 2.06. The van der Waals surface area contributed by atoms with Gasteiger partial charge >= 0.3 is 0 Å². The molecule has 0 radical (unpaired) electrons. The fourth-order valence-corrected chi connectivity index (χ4v) is 2.03. The second kappa shape index (κ2) is 7.69. The van der Waals surface area contributed by atoms with E-state index in [0.717, 1.165) is 0 Å². The number of aliphatic hydroxyl groups excluding tert-OH is 1. The zero-order chi connectivity index (χ0) is 14.3. The number of sulfone groups is 1. The average Bonchev–Trinajstić information content (AvgIpc) is 2.31. The minimum Gasteiger partial charge on any atom is -0.491 e. The van der Waals surface area contributed by atoms with Crippen molar-refractivity contribution in [2.24, 2.45) is 0 Å². The van der Waals surface area contributed by atoms with Crippen molar-refractivity contribution in [2.75, 3.05) is 31.7 Å². The largest absolute Gasteiger partial charge is 0.491 e. The SMILES string of the molecule is CS(=O)(=O)CCNCC(O)COc1cccc(Cl)c1. The molecule has 1 rings (SSSR count). The lowest BCUT2D eigenvalue weighted by atomic mass is 10.3. The summed E-state index contributed by atoms with van der Waals surface area (Å²) in [6.45, 7) is 0.704. The van der Waals surface area contributed by atoms with E-state index in [1.807, 2.05) is 0 Å². The first-order chi connectivity index (χ1) is 8.87. The summed E-state index contributed by atoms with van der Waals surface area (Å²) in [6.07, 6.45) is 0.464. The fraction of sp³-hybridized carbons (Fsp3) is 0.500. The van der Waals surface area contributed by atoms with Gasteiger partial charge in [0.25, 0.3) is 0 Å². The molecule has 1 unspecified atom stereocenters. The molecular weight excluding hydrogens is 290 g/mol. The molecule has 0 saturated carbocycles. The number of hydrogen-bond acceptors (Lipinski definition) is 5. The van der Waals surface area contributed by atoms with E-state index in [1.165, 1.54) is 6.26 Å². The summed E-state index contributed by atoms with van der Waals surface area (Å²) in [4.78, 5) is 0. The summed E-state index contributed by atoms with van der Waals surface area (Å²) in [5, 5.41) is 13.1. The van der Waals surface area contributed by atoms with Gasteiger partial charge in [0, 0.05) is 24.4 Å². The van der Waals surface area contributed by atoms with Crippen LogP contribution in [0.3, 0.4) is 0 Å². The van der Waals surface area contributed by atoms with Crippen molar-refractivity contribution in [1.29, 1.82) is 0 Å². The molecule has 0 heterocycles. The van der Waals surface area contributed by atoms with Gasteiger partial charge in [-0.2, -0.15) is 0 Å². The smallest absolute Gasteiger partial charge is 0.148 e. The average molecular weight is 308 g/mol. The van der Waals surface area contributed by atoms with Crippen molar-refractivity contribution >= 4 is 21.4 Å². The Morgan fingerprint density at radius 2 is 2.21 bits per heavy atom. The Morgan fingerprint density at radius 3 is 2.84 bits per heavy atom. The first kappa shape index (κ1) is 16.2. The van der Waals surface area contributed by atoms with E-state index in [2.05, 4.69) is 5.32 Å². The molecule has 0 aliphatic carbocycles. The van der Waals surface area contributed by atoms with E-state index in [-0.39, 0.29) is 18.9 Å². The summed E-state index contributed by atoms with van der Waals surface area (Å²) < 4.78 is 27.1. The molecule has 0 aliphatic rings. The van der Waals surface area contributed by atoms with Crippen molar-refractivity contribution < 1.29 is 18.3 Å². The number of ether oxygens (including phenoxy) is 1. The van der Waals surface area contributed by atoms with Crippen LogP contribution < -0.4 is 10.1 Å². The van der Waals surface area contributed by atoms with Crippen LogP contribution in [0, 0.1) is 0 Å². The van der Waals surface area contributed by atoms with Gasteiger partial charge in [0.15, 0.2) is 0 Å². The van der Waals surface area contributed by atoms with Gasteiger partial charge in [-0.05, 0) is 18.2 Å². The van der Waals surface area contributed by atoms with E-state index in [0.29, 0.717) is 17.3 Å². The molecule has 0 aromatic heterocycles. The molecule has 19 heavy (non-hydrogen) atoms. The quantitative estimate of drug-likeness (QED) is 0.692. The molecule has 0 aliphatic heterocycles. The lowest BCUT2D eigenvalue weighted by molar-refractivity contribution is 0.107. The summed E-state index contributed by atoms with van der Waals surface area (Å²) >= 11 is 5.79. The third kappa shape index (κ3) is 8.05. The summed E-state index contributed by atoms with van der Waals surface area (Å²) in [7, 11) is -2.97. The second-order valence-corrected chi connectivity index (χ2v) is 6.95. The van der Waals surface area contributed by atoms with Gasteiger partial charge < -0.3 is 15.2 Å². The molecule has 1 atom stereocenters. The highest BCUT2D eigenvalue weighted by molar-refractivity contribution is 7.90. The molecule has 1 aromatic carbocycles. The van der Waals surface area contributed by atoms with Gasteiger partial charge in [-0.15, -0.1) is 0 Å². The molecule has 0 spiro atoms. The maximum Gasteiger partial charge on any atom is 0.148 e. The van der Waals surface area contributed by atoms with Gasteiger partial charge in [0.2, 0.25) is 0 Å². The van der Waals surface area contributed by atoms with Crippen molar-refractivity contribution in [3.05, 3.63) is 29.3 Å². The van der Waals surface area contributed by atoms with E-state index < -0.39 is 15.9 Å². The Labute approximate surface area is 118 Å². The monoisotopic (exact) mass is 307 g/mol. The van der Waals surface area contributed by atoms with E-state index >= 15 is 0 Å². The zero-order valence-electron chi connectivity index (χ0n) is 10.7. The summed E-state index contributed by atoms with van der Waals surface area (Å²) in [6, 6.07) is 6.90. The maximum absolute atomic E-state index is 10.9. The first-order valence-electron chi connectivity index (χ1n) is 5.82. The van der Waals surface area contributed by atoms with Crippen molar-refractivity contribution in [1.82, 2.24) is 5.32 Å². The van der Waals surface area contributed by atoms with E-state index in [1.54, 1.807) is 24.3 Å². The van der Waals surface area contributed by atoms with Crippen LogP contribution in [0.2, 0.25) is 5.02 Å². The maximum atomic E-state index is 10.9. The van der Waals surface area contributed by atoms with Gasteiger partial charge in [0.05, 0.1) is 5.75 Å². The highest BCUT2D eigenvalue weighted by Crippen LogP contribution is 2.17. The Morgan fingerprint density at radius 1 is 1.47 bits per heavy atom. The van der Waals surface area contributed by atoms with Crippen LogP contribution in [0.15, 0.2) is 24.3 Å². The summed E-state index contributed by atoms with van der Waals surface area (Å²) in [5.41, 5.74) is 0. The van der Waals surface area contributed by atoms with Crippen LogP contribution in [-0.4, -0.2) is 51.3 Å². The molecule has 1 aromatic rings. The normalized spacial score (nSPS) is 13.2. The Hall–Kier alpha value is -0.820. The predicted molar refractivity (Wildman–Crippen MR) is 75.5 cm³/mol. The first-order valence-corrected chi connectivity index (χ1v) is 8.25. The Balaban J connectivity index is 2.19. The van der Waals surface area contributed by atoms with Crippen LogP contribution >= 0.6 is 11.6 Å². The van der Waals surface area contributed by atoms with Crippen LogP contribution in [0.5, 0.6) is 5.75 Å². The van der Waals surface area contributed by atoms with Crippen molar-refractivity contribution in [3.63, 3.8) is 0 Å². The fourth-order valence-electron chi connectivity index (χ4n) is 1.33. The zero-order valence-corrected chi connectivity index (χ0v) is 12.2. The molecule has 7 heteroatoms. The van der Waals surface area contributed by atoms with E-state index in [4.69, 9.17) is 16.3 Å². The van der Waals surface area contributed by atoms with Gasteiger partial charge in [-0.1, -0.05) is 17.7 Å². The third-order valence-electron chi connectivity index (χ3n) is 2.27. The van der Waals surface area contributed by atoms with Crippen LogP contribution in [0.1, 0.15) is 0 Å². The Kier molecular flexibility index (Phi) is 6.57. The molecule has 108 valence electrons. The summed E-state index contributed by atoms with van der Waals surface area (Å²) in [5.74, 6) is 0.636. The minimum atomic E-state index is -2.97.